The fraction of sp³-hybridized carbons (Fsp3) is 0.462. The number of para-hydroxylation sites is 1. The number of hydrogen-bond acceptors (Lipinski definition) is 6. The molecule has 2 fully saturated rings. The maximum Gasteiger partial charge on any atom is 0.264 e. The number of piperidine rings is 1. The number of aromatic nitrogens is 2. The van der Waals surface area contributed by atoms with Gasteiger partial charge in [-0.25, -0.2) is 9.37 Å². The Hall–Kier alpha value is -3.27. The molecule has 0 N–H and O–H groups in total. The van der Waals surface area contributed by atoms with Crippen molar-refractivity contribution >= 4 is 39.1 Å². The molecule has 0 aliphatic carbocycles. The van der Waals surface area contributed by atoms with E-state index in [0.29, 0.717) is 71.5 Å². The van der Waals surface area contributed by atoms with Gasteiger partial charge in [-0.15, -0.1) is 11.3 Å². The normalized spacial score (nSPS) is 18.6. The van der Waals surface area contributed by atoms with Crippen molar-refractivity contribution in [3.63, 3.8) is 0 Å². The number of carbonyl (C=O) groups is 2. The van der Waals surface area contributed by atoms with E-state index in [1.165, 1.54) is 28.3 Å². The number of halogens is 1. The number of carbonyl (C=O) groups excluding carboxylic acids is 2. The van der Waals surface area contributed by atoms with Gasteiger partial charge in [-0.2, -0.15) is 0 Å². The van der Waals surface area contributed by atoms with Crippen molar-refractivity contribution in [2.75, 3.05) is 44.2 Å². The molecule has 5 rings (SSSR count). The lowest BCUT2D eigenvalue weighted by molar-refractivity contribution is -0.133. The van der Waals surface area contributed by atoms with Gasteiger partial charge in [-0.3, -0.25) is 19.0 Å². The zero-order valence-electron chi connectivity index (χ0n) is 20.6. The van der Waals surface area contributed by atoms with Crippen molar-refractivity contribution in [1.29, 1.82) is 0 Å². The summed E-state index contributed by atoms with van der Waals surface area (Å²) in [6.07, 6.45) is 3.50. The van der Waals surface area contributed by atoms with Gasteiger partial charge in [0.25, 0.3) is 11.5 Å². The molecule has 0 bridgehead atoms. The van der Waals surface area contributed by atoms with Gasteiger partial charge in [0.15, 0.2) is 0 Å². The standard InChI is InChI=1S/C26H30FN5O3S/c1-17-6-5-9-31(14-17)21(33)15-32-16-28-24-22(25(32)34)18(2)23(36-24)26(35)30-12-10-29(11-13-30)20-8-4-3-7-19(20)27/h3-4,7-8,16-17H,5-6,9-15H2,1-2H3/t17-/m1/s1. The van der Waals surface area contributed by atoms with E-state index in [0.717, 1.165) is 12.8 Å². The third kappa shape index (κ3) is 4.61. The summed E-state index contributed by atoms with van der Waals surface area (Å²) < 4.78 is 15.5. The second-order valence-electron chi connectivity index (χ2n) is 9.73. The number of amides is 2. The number of thiophene rings is 1. The van der Waals surface area contributed by atoms with Crippen molar-refractivity contribution in [1.82, 2.24) is 19.4 Å². The third-order valence-corrected chi connectivity index (χ3v) is 8.37. The number of benzene rings is 1. The molecule has 0 radical (unpaired) electrons. The summed E-state index contributed by atoms with van der Waals surface area (Å²) in [5.74, 6) is -0.0377. The Bertz CT molecular complexity index is 1360. The van der Waals surface area contributed by atoms with E-state index in [-0.39, 0.29) is 29.7 Å². The molecule has 2 aliphatic rings. The van der Waals surface area contributed by atoms with E-state index in [1.54, 1.807) is 30.0 Å². The SMILES string of the molecule is Cc1c(C(=O)N2CCN(c3ccccc3F)CC2)sc2ncn(CC(=O)N3CCC[C@@H](C)C3)c(=O)c12. The highest BCUT2D eigenvalue weighted by molar-refractivity contribution is 7.20. The fourth-order valence-corrected chi connectivity index (χ4v) is 6.25. The highest BCUT2D eigenvalue weighted by Gasteiger charge is 2.28. The Morgan fingerprint density at radius 3 is 2.58 bits per heavy atom. The zero-order valence-corrected chi connectivity index (χ0v) is 21.4. The Balaban J connectivity index is 1.32. The van der Waals surface area contributed by atoms with Crippen LogP contribution in [-0.4, -0.2) is 70.4 Å². The average molecular weight is 512 g/mol. The van der Waals surface area contributed by atoms with E-state index in [9.17, 15) is 18.8 Å². The average Bonchev–Trinajstić information content (AvgIpc) is 3.22. The van der Waals surface area contributed by atoms with Crippen LogP contribution >= 0.6 is 11.3 Å². The molecule has 2 amide bonds. The van der Waals surface area contributed by atoms with Gasteiger partial charge in [0.1, 0.15) is 17.2 Å². The second kappa shape index (κ2) is 10.0. The van der Waals surface area contributed by atoms with Crippen molar-refractivity contribution in [3.8, 4) is 0 Å². The van der Waals surface area contributed by atoms with Gasteiger partial charge in [-0.1, -0.05) is 19.1 Å². The Kier molecular flexibility index (Phi) is 6.79. The number of hydrogen-bond donors (Lipinski definition) is 0. The highest BCUT2D eigenvalue weighted by Crippen LogP contribution is 2.29. The summed E-state index contributed by atoms with van der Waals surface area (Å²) in [5.41, 5.74) is 0.846. The van der Waals surface area contributed by atoms with Gasteiger partial charge < -0.3 is 14.7 Å². The predicted molar refractivity (Wildman–Crippen MR) is 138 cm³/mol. The monoisotopic (exact) mass is 511 g/mol. The van der Waals surface area contributed by atoms with Gasteiger partial charge >= 0.3 is 0 Å². The fourth-order valence-electron chi connectivity index (χ4n) is 5.14. The quantitative estimate of drug-likeness (QED) is 0.538. The van der Waals surface area contributed by atoms with Crippen molar-refractivity contribution in [2.45, 2.75) is 33.2 Å². The molecule has 0 saturated carbocycles. The van der Waals surface area contributed by atoms with Crippen LogP contribution in [0.25, 0.3) is 10.2 Å². The van der Waals surface area contributed by atoms with E-state index >= 15 is 0 Å². The number of anilines is 1. The van der Waals surface area contributed by atoms with E-state index in [4.69, 9.17) is 0 Å². The lowest BCUT2D eigenvalue weighted by Crippen LogP contribution is -2.49. The number of rotatable bonds is 4. The van der Waals surface area contributed by atoms with Crippen molar-refractivity contribution < 1.29 is 14.0 Å². The first-order valence-electron chi connectivity index (χ1n) is 12.4. The molecular formula is C26H30FN5O3S. The number of nitrogens with zero attached hydrogens (tertiary/aromatic N) is 5. The summed E-state index contributed by atoms with van der Waals surface area (Å²) in [6, 6.07) is 6.65. The number of piperazine rings is 1. The zero-order chi connectivity index (χ0) is 25.4. The first-order valence-corrected chi connectivity index (χ1v) is 13.2. The van der Waals surface area contributed by atoms with Crippen LogP contribution in [0.15, 0.2) is 35.4 Å². The Morgan fingerprint density at radius 1 is 1.11 bits per heavy atom. The van der Waals surface area contributed by atoms with Gasteiger partial charge in [0.2, 0.25) is 5.91 Å². The molecule has 3 aromatic rings. The van der Waals surface area contributed by atoms with Crippen molar-refractivity contribution in [3.05, 3.63) is 57.2 Å². The summed E-state index contributed by atoms with van der Waals surface area (Å²) >= 11 is 1.21. The molecule has 190 valence electrons. The third-order valence-electron chi connectivity index (χ3n) is 7.19. The molecular weight excluding hydrogens is 481 g/mol. The topological polar surface area (TPSA) is 78.8 Å². The predicted octanol–water partition coefficient (Wildman–Crippen LogP) is 3.13. The van der Waals surface area contributed by atoms with Crippen LogP contribution in [-0.2, 0) is 11.3 Å². The molecule has 2 saturated heterocycles. The first-order chi connectivity index (χ1) is 17.3. The van der Waals surface area contributed by atoms with Crippen LogP contribution in [0.3, 0.4) is 0 Å². The Morgan fingerprint density at radius 2 is 1.86 bits per heavy atom. The van der Waals surface area contributed by atoms with Crippen LogP contribution in [0.4, 0.5) is 10.1 Å². The minimum absolute atomic E-state index is 0.0505. The Labute approximate surface area is 212 Å². The summed E-state index contributed by atoms with van der Waals surface area (Å²) in [6.45, 7) is 7.25. The highest BCUT2D eigenvalue weighted by atomic mass is 32.1. The van der Waals surface area contributed by atoms with Crippen LogP contribution in [0.1, 0.15) is 35.0 Å². The minimum atomic E-state index is -0.296. The maximum absolute atomic E-state index is 14.2. The lowest BCUT2D eigenvalue weighted by Gasteiger charge is -2.36. The van der Waals surface area contributed by atoms with Crippen LogP contribution in [0.5, 0.6) is 0 Å². The largest absolute Gasteiger partial charge is 0.366 e. The number of likely N-dealkylation sites (tertiary alicyclic amines) is 1. The molecule has 8 nitrogen and oxygen atoms in total. The lowest BCUT2D eigenvalue weighted by atomic mass is 10.0. The molecule has 4 heterocycles. The van der Waals surface area contributed by atoms with E-state index in [1.807, 2.05) is 9.80 Å². The second-order valence-corrected chi connectivity index (χ2v) is 10.7. The van der Waals surface area contributed by atoms with Crippen LogP contribution in [0, 0.1) is 18.7 Å². The van der Waals surface area contributed by atoms with Crippen LogP contribution < -0.4 is 10.5 Å². The molecule has 10 heteroatoms. The van der Waals surface area contributed by atoms with E-state index < -0.39 is 0 Å². The minimum Gasteiger partial charge on any atom is -0.366 e. The van der Waals surface area contributed by atoms with Gasteiger partial charge in [0.05, 0.1) is 22.3 Å². The molecule has 1 atom stereocenters. The van der Waals surface area contributed by atoms with Crippen LogP contribution in [0.2, 0.25) is 0 Å². The molecule has 2 aromatic heterocycles. The maximum atomic E-state index is 14.2. The molecule has 0 spiro atoms. The molecule has 1 aromatic carbocycles. The van der Waals surface area contributed by atoms with E-state index in [2.05, 4.69) is 11.9 Å². The summed E-state index contributed by atoms with van der Waals surface area (Å²) in [7, 11) is 0. The smallest absolute Gasteiger partial charge is 0.264 e. The first kappa shape index (κ1) is 24.4. The molecule has 2 aliphatic heterocycles. The molecule has 36 heavy (non-hydrogen) atoms. The molecule has 0 unspecified atom stereocenters. The van der Waals surface area contributed by atoms with Gasteiger partial charge in [-0.05, 0) is 43.4 Å². The summed E-state index contributed by atoms with van der Waals surface area (Å²) in [5, 5.41) is 0.399. The van der Waals surface area contributed by atoms with Crippen molar-refractivity contribution in [2.24, 2.45) is 5.92 Å². The number of aryl methyl sites for hydroxylation is 1. The van der Waals surface area contributed by atoms with Gasteiger partial charge in [0, 0.05) is 39.3 Å². The number of fused-ring (bicyclic) bond motifs is 1. The summed E-state index contributed by atoms with van der Waals surface area (Å²) in [4.78, 5) is 50.3.